The number of hydrogen-bond donors (Lipinski definition) is 4. The van der Waals surface area contributed by atoms with Crippen LogP contribution in [0.5, 0.6) is 0 Å². The number of carbonyl (C=O) groups is 1. The summed E-state index contributed by atoms with van der Waals surface area (Å²) in [5.74, 6) is -0.342. The highest BCUT2D eigenvalue weighted by Crippen LogP contribution is 2.12. The minimum Gasteiger partial charge on any atom is -0.394 e. The Morgan fingerprint density at radius 3 is 2.26 bits per heavy atom. The second-order valence-electron chi connectivity index (χ2n) is 4.91. The Morgan fingerprint density at radius 1 is 1.16 bits per heavy atom. The van der Waals surface area contributed by atoms with Crippen LogP contribution in [0.4, 0.5) is 0 Å². The fourth-order valence-electron chi connectivity index (χ4n) is 1.77. The van der Waals surface area contributed by atoms with E-state index in [1.807, 2.05) is 32.0 Å². The minimum absolute atomic E-state index is 0.148. The lowest BCUT2D eigenvalue weighted by molar-refractivity contribution is -0.124. The lowest BCUT2D eigenvalue weighted by Crippen LogP contribution is -2.57. The van der Waals surface area contributed by atoms with Crippen LogP contribution in [0.2, 0.25) is 0 Å². The monoisotopic (exact) mass is 267 g/mol. The van der Waals surface area contributed by atoms with E-state index in [2.05, 4.69) is 5.32 Å². The van der Waals surface area contributed by atoms with Crippen molar-refractivity contribution >= 4 is 5.91 Å². The molecular formula is C14H21NO4. The van der Waals surface area contributed by atoms with Gasteiger partial charge in [0.05, 0.1) is 26.2 Å². The number of hydrogen-bond acceptors (Lipinski definition) is 4. The molecule has 0 aliphatic rings. The number of aryl methyl sites for hydroxylation is 2. The molecule has 0 aromatic heterocycles. The first-order valence-corrected chi connectivity index (χ1v) is 6.16. The first-order chi connectivity index (χ1) is 8.96. The van der Waals surface area contributed by atoms with E-state index >= 15 is 0 Å². The van der Waals surface area contributed by atoms with Gasteiger partial charge in [0.2, 0.25) is 5.91 Å². The summed E-state index contributed by atoms with van der Waals surface area (Å²) in [7, 11) is 0. The molecule has 1 rings (SSSR count). The Balaban J connectivity index is 2.77. The lowest BCUT2D eigenvalue weighted by atomic mass is 10.00. The van der Waals surface area contributed by atoms with Crippen LogP contribution in [0.3, 0.4) is 0 Å². The van der Waals surface area contributed by atoms with Gasteiger partial charge in [-0.15, -0.1) is 0 Å². The minimum atomic E-state index is -1.37. The van der Waals surface area contributed by atoms with Gasteiger partial charge >= 0.3 is 0 Å². The largest absolute Gasteiger partial charge is 0.394 e. The molecule has 5 heteroatoms. The van der Waals surface area contributed by atoms with E-state index in [9.17, 15) is 4.79 Å². The highest BCUT2D eigenvalue weighted by atomic mass is 16.3. The molecule has 0 atom stereocenters. The second kappa shape index (κ2) is 6.65. The van der Waals surface area contributed by atoms with Crippen molar-refractivity contribution in [2.75, 3.05) is 19.8 Å². The summed E-state index contributed by atoms with van der Waals surface area (Å²) in [6, 6.07) is 5.83. The van der Waals surface area contributed by atoms with Crippen molar-refractivity contribution in [3.8, 4) is 0 Å². The summed E-state index contributed by atoms with van der Waals surface area (Å²) in [6.45, 7) is 2.31. The Morgan fingerprint density at radius 2 is 1.74 bits per heavy atom. The quantitative estimate of drug-likeness (QED) is 0.568. The maximum absolute atomic E-state index is 11.9. The van der Waals surface area contributed by atoms with Crippen LogP contribution in [0.15, 0.2) is 18.2 Å². The fourth-order valence-corrected chi connectivity index (χ4v) is 1.77. The summed E-state index contributed by atoms with van der Waals surface area (Å²) in [5, 5.41) is 30.0. The van der Waals surface area contributed by atoms with Gasteiger partial charge in [-0.25, -0.2) is 0 Å². The molecule has 0 saturated heterocycles. The van der Waals surface area contributed by atoms with Crippen molar-refractivity contribution in [2.24, 2.45) is 0 Å². The zero-order valence-corrected chi connectivity index (χ0v) is 11.3. The Bertz CT molecular complexity index is 433. The van der Waals surface area contributed by atoms with Crippen molar-refractivity contribution in [1.82, 2.24) is 5.32 Å². The van der Waals surface area contributed by atoms with E-state index in [-0.39, 0.29) is 12.3 Å². The molecule has 0 unspecified atom stereocenters. The summed E-state index contributed by atoms with van der Waals surface area (Å²) in [5.41, 5.74) is 1.59. The zero-order valence-electron chi connectivity index (χ0n) is 11.3. The van der Waals surface area contributed by atoms with E-state index in [0.717, 1.165) is 16.7 Å². The summed E-state index contributed by atoms with van der Waals surface area (Å²) in [4.78, 5) is 11.9. The summed E-state index contributed by atoms with van der Waals surface area (Å²) in [6.07, 6.45) is 0.148. The number of nitrogens with one attached hydrogen (secondary N) is 1. The van der Waals surface area contributed by atoms with Gasteiger partial charge in [0.1, 0.15) is 5.54 Å². The van der Waals surface area contributed by atoms with Gasteiger partial charge in [-0.3, -0.25) is 4.79 Å². The Hall–Kier alpha value is -1.43. The van der Waals surface area contributed by atoms with Crippen molar-refractivity contribution < 1.29 is 20.1 Å². The average Bonchev–Trinajstić information content (AvgIpc) is 2.40. The number of carbonyl (C=O) groups excluding carboxylic acids is 1. The summed E-state index contributed by atoms with van der Waals surface area (Å²) >= 11 is 0. The van der Waals surface area contributed by atoms with Crippen molar-refractivity contribution in [2.45, 2.75) is 25.8 Å². The molecule has 106 valence electrons. The predicted molar refractivity (Wildman–Crippen MR) is 71.8 cm³/mol. The van der Waals surface area contributed by atoms with E-state index in [4.69, 9.17) is 15.3 Å². The third-order valence-corrected chi connectivity index (χ3v) is 3.17. The molecule has 0 fully saturated rings. The Labute approximate surface area is 112 Å². The van der Waals surface area contributed by atoms with Gasteiger partial charge in [0, 0.05) is 0 Å². The van der Waals surface area contributed by atoms with Gasteiger partial charge in [-0.2, -0.15) is 0 Å². The normalized spacial score (nSPS) is 11.4. The van der Waals surface area contributed by atoms with Gasteiger partial charge in [-0.1, -0.05) is 23.8 Å². The topological polar surface area (TPSA) is 89.8 Å². The average molecular weight is 267 g/mol. The van der Waals surface area contributed by atoms with E-state index in [0.29, 0.717) is 0 Å². The van der Waals surface area contributed by atoms with Crippen LogP contribution in [0, 0.1) is 13.8 Å². The standard InChI is InChI=1S/C14H21NO4/c1-10-3-4-11(2)12(5-10)6-13(19)15-14(7-16,8-17)9-18/h3-5,16-18H,6-9H2,1-2H3,(H,15,19). The van der Waals surface area contributed by atoms with Crippen LogP contribution in [0.1, 0.15) is 16.7 Å². The van der Waals surface area contributed by atoms with E-state index in [1.54, 1.807) is 0 Å². The number of aliphatic hydroxyl groups excluding tert-OH is 3. The fraction of sp³-hybridized carbons (Fsp3) is 0.500. The maximum Gasteiger partial charge on any atom is 0.225 e. The van der Waals surface area contributed by atoms with Gasteiger partial charge in [-0.05, 0) is 25.0 Å². The number of aliphatic hydroxyl groups is 3. The number of rotatable bonds is 6. The second-order valence-corrected chi connectivity index (χ2v) is 4.91. The molecule has 0 aliphatic carbocycles. The first kappa shape index (κ1) is 15.6. The van der Waals surface area contributed by atoms with E-state index < -0.39 is 25.4 Å². The highest BCUT2D eigenvalue weighted by molar-refractivity contribution is 5.79. The third-order valence-electron chi connectivity index (χ3n) is 3.17. The molecule has 0 aliphatic heterocycles. The maximum atomic E-state index is 11.9. The molecule has 0 spiro atoms. The van der Waals surface area contributed by atoms with Crippen molar-refractivity contribution in [1.29, 1.82) is 0 Å². The molecule has 1 amide bonds. The van der Waals surface area contributed by atoms with Gasteiger partial charge in [0.15, 0.2) is 0 Å². The van der Waals surface area contributed by atoms with E-state index in [1.165, 1.54) is 0 Å². The van der Waals surface area contributed by atoms with Crippen molar-refractivity contribution in [3.63, 3.8) is 0 Å². The molecule has 4 N–H and O–H groups in total. The van der Waals surface area contributed by atoms with Gasteiger partial charge < -0.3 is 20.6 Å². The zero-order chi connectivity index (χ0) is 14.5. The predicted octanol–water partition coefficient (Wildman–Crippen LogP) is -0.322. The molecule has 19 heavy (non-hydrogen) atoms. The van der Waals surface area contributed by atoms with Gasteiger partial charge in [0.25, 0.3) is 0 Å². The van der Waals surface area contributed by atoms with Crippen LogP contribution >= 0.6 is 0 Å². The molecule has 1 aromatic rings. The molecule has 0 saturated carbocycles. The number of amides is 1. The smallest absolute Gasteiger partial charge is 0.225 e. The molecular weight excluding hydrogens is 246 g/mol. The SMILES string of the molecule is Cc1ccc(C)c(CC(=O)NC(CO)(CO)CO)c1. The highest BCUT2D eigenvalue weighted by Gasteiger charge is 2.29. The third kappa shape index (κ3) is 4.02. The van der Waals surface area contributed by atoms with Crippen LogP contribution in [-0.2, 0) is 11.2 Å². The number of benzene rings is 1. The van der Waals surface area contributed by atoms with Crippen molar-refractivity contribution in [3.05, 3.63) is 34.9 Å². The molecule has 1 aromatic carbocycles. The Kier molecular flexibility index (Phi) is 5.47. The van der Waals surface area contributed by atoms with Crippen LogP contribution in [0.25, 0.3) is 0 Å². The molecule has 0 bridgehead atoms. The first-order valence-electron chi connectivity index (χ1n) is 6.16. The summed E-state index contributed by atoms with van der Waals surface area (Å²) < 4.78 is 0. The van der Waals surface area contributed by atoms with Crippen LogP contribution in [-0.4, -0.2) is 46.6 Å². The lowest BCUT2D eigenvalue weighted by Gasteiger charge is -2.28. The molecule has 0 heterocycles. The molecule has 0 radical (unpaired) electrons. The molecule has 5 nitrogen and oxygen atoms in total. The van der Waals surface area contributed by atoms with Crippen LogP contribution < -0.4 is 5.32 Å².